The fraction of sp³-hybridized carbons (Fsp3) is 0.391. The minimum absolute atomic E-state index is 0.0211. The Hall–Kier alpha value is -3.06. The van der Waals surface area contributed by atoms with Gasteiger partial charge >= 0.3 is 5.97 Å². The maximum absolute atomic E-state index is 12.8. The van der Waals surface area contributed by atoms with Gasteiger partial charge in [-0.15, -0.1) is 0 Å². The van der Waals surface area contributed by atoms with Gasteiger partial charge in [0.25, 0.3) is 0 Å². The molecule has 0 aromatic heterocycles. The highest BCUT2D eigenvalue weighted by molar-refractivity contribution is 5.78. The number of fused-ring (bicyclic) bond motifs is 1. The summed E-state index contributed by atoms with van der Waals surface area (Å²) in [6, 6.07) is 15.4. The number of amides is 1. The van der Waals surface area contributed by atoms with Crippen LogP contribution in [0, 0.1) is 0 Å². The average molecular weight is 410 g/mol. The molecule has 2 aliphatic heterocycles. The van der Waals surface area contributed by atoms with Crippen LogP contribution >= 0.6 is 0 Å². The van der Waals surface area contributed by atoms with Gasteiger partial charge in [0.1, 0.15) is 0 Å². The van der Waals surface area contributed by atoms with Crippen molar-refractivity contribution in [2.45, 2.75) is 25.3 Å². The number of hydrogen-bond acceptors (Lipinski definition) is 5. The molecule has 30 heavy (non-hydrogen) atoms. The summed E-state index contributed by atoms with van der Waals surface area (Å²) < 4.78 is 10.8. The topological polar surface area (TPSA) is 79.3 Å². The Morgan fingerprint density at radius 3 is 2.40 bits per heavy atom. The monoisotopic (exact) mass is 410 g/mol. The number of hydrogen-bond donors (Lipinski definition) is 1. The molecule has 2 aliphatic rings. The summed E-state index contributed by atoms with van der Waals surface area (Å²) in [6.45, 7) is 3.94. The molecule has 0 aliphatic carbocycles. The second kappa shape index (κ2) is 9.17. The fourth-order valence-electron chi connectivity index (χ4n) is 4.04. The van der Waals surface area contributed by atoms with Crippen LogP contribution in [0.3, 0.4) is 0 Å². The number of benzene rings is 2. The average Bonchev–Trinajstić information content (AvgIpc) is 3.22. The Morgan fingerprint density at radius 2 is 1.67 bits per heavy atom. The van der Waals surface area contributed by atoms with Gasteiger partial charge in [0.05, 0.1) is 6.42 Å². The summed E-state index contributed by atoms with van der Waals surface area (Å²) in [6.07, 6.45) is 0.179. The van der Waals surface area contributed by atoms with Gasteiger partial charge in [-0.05, 0) is 23.3 Å². The molecule has 1 amide bonds. The number of carbonyl (C=O) groups is 2. The van der Waals surface area contributed by atoms with Crippen LogP contribution in [-0.2, 0) is 16.1 Å². The minimum Gasteiger partial charge on any atom is -0.481 e. The van der Waals surface area contributed by atoms with Crippen LogP contribution in [0.1, 0.15) is 29.9 Å². The molecule has 0 radical (unpaired) electrons. The van der Waals surface area contributed by atoms with Gasteiger partial charge in [0.2, 0.25) is 12.7 Å². The first kappa shape index (κ1) is 20.2. The summed E-state index contributed by atoms with van der Waals surface area (Å²) in [5.74, 6) is 0.399. The zero-order valence-electron chi connectivity index (χ0n) is 16.8. The summed E-state index contributed by atoms with van der Waals surface area (Å²) in [5, 5.41) is 9.25. The van der Waals surface area contributed by atoms with Crippen molar-refractivity contribution in [2.75, 3.05) is 33.0 Å². The molecular formula is C23H26N2O5. The van der Waals surface area contributed by atoms with E-state index in [1.165, 1.54) is 0 Å². The third kappa shape index (κ3) is 4.91. The van der Waals surface area contributed by atoms with Crippen molar-refractivity contribution in [2.24, 2.45) is 0 Å². The lowest BCUT2D eigenvalue weighted by atomic mass is 9.92. The van der Waals surface area contributed by atoms with Crippen molar-refractivity contribution >= 4 is 11.9 Å². The first-order chi connectivity index (χ1) is 14.6. The number of piperazine rings is 1. The third-order valence-electron chi connectivity index (χ3n) is 5.68. The maximum Gasteiger partial charge on any atom is 0.303 e. The largest absolute Gasteiger partial charge is 0.481 e. The number of rotatable bonds is 7. The lowest BCUT2D eigenvalue weighted by Crippen LogP contribution is -2.48. The predicted octanol–water partition coefficient (Wildman–Crippen LogP) is 2.71. The number of nitrogens with zero attached hydrogens (tertiary/aromatic N) is 2. The van der Waals surface area contributed by atoms with Crippen molar-refractivity contribution in [1.29, 1.82) is 0 Å². The summed E-state index contributed by atoms with van der Waals surface area (Å²) in [7, 11) is 0. The van der Waals surface area contributed by atoms with Crippen molar-refractivity contribution in [3.05, 3.63) is 59.7 Å². The Morgan fingerprint density at radius 1 is 0.933 bits per heavy atom. The zero-order valence-corrected chi connectivity index (χ0v) is 16.8. The van der Waals surface area contributed by atoms with Gasteiger partial charge < -0.3 is 19.5 Å². The van der Waals surface area contributed by atoms with Crippen molar-refractivity contribution < 1.29 is 24.2 Å². The molecule has 1 N–H and O–H groups in total. The molecule has 158 valence electrons. The zero-order chi connectivity index (χ0) is 20.9. The van der Waals surface area contributed by atoms with Gasteiger partial charge in [0, 0.05) is 45.1 Å². The highest BCUT2D eigenvalue weighted by Crippen LogP contribution is 2.33. The van der Waals surface area contributed by atoms with Gasteiger partial charge in [-0.3, -0.25) is 14.5 Å². The molecule has 1 unspecified atom stereocenters. The quantitative estimate of drug-likeness (QED) is 0.756. The lowest BCUT2D eigenvalue weighted by Gasteiger charge is -2.35. The van der Waals surface area contributed by atoms with E-state index < -0.39 is 5.97 Å². The molecule has 0 spiro atoms. The number of carbonyl (C=O) groups excluding carboxylic acids is 1. The van der Waals surface area contributed by atoms with Gasteiger partial charge in [-0.2, -0.15) is 0 Å². The number of ether oxygens (including phenoxy) is 2. The molecule has 2 heterocycles. The van der Waals surface area contributed by atoms with E-state index in [9.17, 15) is 14.7 Å². The van der Waals surface area contributed by atoms with E-state index in [-0.39, 0.29) is 31.5 Å². The number of carboxylic acids is 1. The summed E-state index contributed by atoms with van der Waals surface area (Å²) >= 11 is 0. The van der Waals surface area contributed by atoms with Crippen LogP contribution in [0.2, 0.25) is 0 Å². The van der Waals surface area contributed by atoms with E-state index >= 15 is 0 Å². The SMILES string of the molecule is O=C(O)CC(CC(=O)N1CCN(Cc2ccc3c(c2)OCO3)CC1)c1ccccc1. The lowest BCUT2D eigenvalue weighted by molar-refractivity contribution is -0.138. The number of carboxylic acid groups (broad SMARTS) is 1. The third-order valence-corrected chi connectivity index (χ3v) is 5.68. The van der Waals surface area contributed by atoms with Crippen LogP contribution in [0.15, 0.2) is 48.5 Å². The first-order valence-electron chi connectivity index (χ1n) is 10.2. The van der Waals surface area contributed by atoms with E-state index in [1.54, 1.807) is 0 Å². The Balaban J connectivity index is 1.30. The van der Waals surface area contributed by atoms with Gasteiger partial charge in [-0.25, -0.2) is 0 Å². The second-order valence-corrected chi connectivity index (χ2v) is 7.75. The van der Waals surface area contributed by atoms with Crippen molar-refractivity contribution in [3.63, 3.8) is 0 Å². The van der Waals surface area contributed by atoms with Crippen LogP contribution in [0.25, 0.3) is 0 Å². The molecular weight excluding hydrogens is 384 g/mol. The highest BCUT2D eigenvalue weighted by Gasteiger charge is 2.26. The van der Waals surface area contributed by atoms with Crippen molar-refractivity contribution in [1.82, 2.24) is 9.80 Å². The molecule has 2 aromatic carbocycles. The Bertz CT molecular complexity index is 894. The van der Waals surface area contributed by atoms with E-state index in [0.717, 1.165) is 42.3 Å². The molecule has 4 rings (SSSR count). The van der Waals surface area contributed by atoms with Crippen LogP contribution in [0.5, 0.6) is 11.5 Å². The normalized spacial score (nSPS) is 17.0. The summed E-state index contributed by atoms with van der Waals surface area (Å²) in [4.78, 5) is 28.3. The highest BCUT2D eigenvalue weighted by atomic mass is 16.7. The molecule has 7 nitrogen and oxygen atoms in total. The predicted molar refractivity (Wildman–Crippen MR) is 110 cm³/mol. The van der Waals surface area contributed by atoms with Crippen molar-refractivity contribution in [3.8, 4) is 11.5 Å². The molecule has 1 saturated heterocycles. The molecule has 1 fully saturated rings. The minimum atomic E-state index is -0.884. The fourth-order valence-corrected chi connectivity index (χ4v) is 4.04. The molecule has 0 saturated carbocycles. The Kier molecular flexibility index (Phi) is 6.18. The molecule has 1 atom stereocenters. The number of aliphatic carboxylic acids is 1. The van der Waals surface area contributed by atoms with Gasteiger partial charge in [-0.1, -0.05) is 36.4 Å². The van der Waals surface area contributed by atoms with Crippen LogP contribution < -0.4 is 9.47 Å². The molecule has 7 heteroatoms. The van der Waals surface area contributed by atoms with Gasteiger partial charge in [0.15, 0.2) is 11.5 Å². The van der Waals surface area contributed by atoms with E-state index in [1.807, 2.05) is 53.4 Å². The van der Waals surface area contributed by atoms with E-state index in [2.05, 4.69) is 4.90 Å². The summed E-state index contributed by atoms with van der Waals surface area (Å²) in [5.41, 5.74) is 2.05. The second-order valence-electron chi connectivity index (χ2n) is 7.75. The van der Waals surface area contributed by atoms with E-state index in [0.29, 0.717) is 13.1 Å². The first-order valence-corrected chi connectivity index (χ1v) is 10.2. The van der Waals surface area contributed by atoms with E-state index in [4.69, 9.17) is 9.47 Å². The molecule has 0 bridgehead atoms. The van der Waals surface area contributed by atoms with Crippen LogP contribution in [-0.4, -0.2) is 59.8 Å². The standard InChI is InChI=1S/C23H26N2O5/c26-22(13-19(14-23(27)28)18-4-2-1-3-5-18)25-10-8-24(9-11-25)15-17-6-7-20-21(12-17)30-16-29-20/h1-7,12,19H,8-11,13-16H2,(H,27,28). The smallest absolute Gasteiger partial charge is 0.303 e. The maximum atomic E-state index is 12.8. The Labute approximate surface area is 175 Å². The van der Waals surface area contributed by atoms with Crippen LogP contribution in [0.4, 0.5) is 0 Å². The molecule has 2 aromatic rings.